The molecule has 3 aromatic carbocycles. The molecule has 35 heavy (non-hydrogen) atoms. The van der Waals surface area contributed by atoms with Crippen molar-refractivity contribution in [1.82, 2.24) is 4.90 Å². The van der Waals surface area contributed by atoms with Gasteiger partial charge in [-0.05, 0) is 72.7 Å². The SMILES string of the molecule is CCc1ccc([C@H]2c3c(oc4c(C)cc(C)cc4c3=O)C(=O)N2CCc2ccc(OC)cc2)cc1. The number of aryl methyl sites for hydroxylation is 3. The molecule has 1 aliphatic rings. The molecule has 5 heteroatoms. The van der Waals surface area contributed by atoms with E-state index in [2.05, 4.69) is 19.1 Å². The molecule has 0 aliphatic carbocycles. The van der Waals surface area contributed by atoms with Gasteiger partial charge in [0.2, 0.25) is 5.76 Å². The molecule has 178 valence electrons. The monoisotopic (exact) mass is 467 g/mol. The predicted octanol–water partition coefficient (Wildman–Crippen LogP) is 5.77. The molecule has 1 amide bonds. The van der Waals surface area contributed by atoms with E-state index in [-0.39, 0.29) is 17.1 Å². The van der Waals surface area contributed by atoms with Crippen molar-refractivity contribution in [2.24, 2.45) is 0 Å². The summed E-state index contributed by atoms with van der Waals surface area (Å²) in [6, 6.07) is 19.4. The van der Waals surface area contributed by atoms with Crippen LogP contribution in [0.1, 0.15) is 56.9 Å². The van der Waals surface area contributed by atoms with Crippen molar-refractivity contribution in [3.63, 3.8) is 0 Å². The Morgan fingerprint density at radius 1 is 0.943 bits per heavy atom. The minimum Gasteiger partial charge on any atom is -0.497 e. The van der Waals surface area contributed by atoms with Gasteiger partial charge in [-0.1, -0.05) is 49.4 Å². The number of carbonyl (C=O) groups is 1. The molecule has 0 saturated heterocycles. The number of fused-ring (bicyclic) bond motifs is 2. The third kappa shape index (κ3) is 4.01. The number of rotatable bonds is 6. The van der Waals surface area contributed by atoms with Gasteiger partial charge in [0.15, 0.2) is 5.43 Å². The van der Waals surface area contributed by atoms with Gasteiger partial charge in [0.25, 0.3) is 5.91 Å². The summed E-state index contributed by atoms with van der Waals surface area (Å²) in [4.78, 5) is 29.3. The van der Waals surface area contributed by atoms with Crippen molar-refractivity contribution < 1.29 is 13.9 Å². The molecular formula is C30H29NO4. The number of methoxy groups -OCH3 is 1. The third-order valence-corrected chi connectivity index (χ3v) is 6.90. The van der Waals surface area contributed by atoms with Crippen molar-refractivity contribution in [2.75, 3.05) is 13.7 Å². The van der Waals surface area contributed by atoms with Gasteiger partial charge in [-0.2, -0.15) is 0 Å². The highest BCUT2D eigenvalue weighted by Crippen LogP contribution is 2.39. The number of benzene rings is 3. The fourth-order valence-corrected chi connectivity index (χ4v) is 5.03. The Morgan fingerprint density at radius 3 is 2.29 bits per heavy atom. The van der Waals surface area contributed by atoms with Gasteiger partial charge in [-0.25, -0.2) is 0 Å². The van der Waals surface area contributed by atoms with Gasteiger partial charge in [-0.15, -0.1) is 0 Å². The Hall–Kier alpha value is -3.86. The van der Waals surface area contributed by atoms with Crippen LogP contribution in [0.4, 0.5) is 0 Å². The van der Waals surface area contributed by atoms with Gasteiger partial charge in [0.1, 0.15) is 11.3 Å². The molecule has 0 spiro atoms. The highest BCUT2D eigenvalue weighted by atomic mass is 16.5. The Labute approximate surface area is 205 Å². The molecule has 0 radical (unpaired) electrons. The molecule has 0 N–H and O–H groups in total. The summed E-state index contributed by atoms with van der Waals surface area (Å²) >= 11 is 0. The highest BCUT2D eigenvalue weighted by molar-refractivity contribution is 5.99. The van der Waals surface area contributed by atoms with Crippen LogP contribution in [0.2, 0.25) is 0 Å². The lowest BCUT2D eigenvalue weighted by molar-refractivity contribution is 0.0730. The van der Waals surface area contributed by atoms with Crippen LogP contribution in [0.5, 0.6) is 5.75 Å². The van der Waals surface area contributed by atoms with E-state index < -0.39 is 6.04 Å². The van der Waals surface area contributed by atoms with E-state index in [4.69, 9.17) is 9.15 Å². The standard InChI is InChI=1S/C30H29NO4/c1-5-20-6-10-22(11-7-20)26-25-27(32)24-17-18(2)16-19(3)28(24)35-29(25)30(33)31(26)15-14-21-8-12-23(34-4)13-9-21/h6-13,16-17,26H,5,14-15H2,1-4H3/t26-/m0/s1. The van der Waals surface area contributed by atoms with E-state index in [9.17, 15) is 9.59 Å². The maximum atomic E-state index is 13.8. The van der Waals surface area contributed by atoms with Gasteiger partial charge in [-0.3, -0.25) is 9.59 Å². The number of amides is 1. The quantitative estimate of drug-likeness (QED) is 0.361. The lowest BCUT2D eigenvalue weighted by atomic mass is 9.96. The van der Waals surface area contributed by atoms with Crippen LogP contribution in [0.15, 0.2) is 69.9 Å². The largest absolute Gasteiger partial charge is 0.497 e. The summed E-state index contributed by atoms with van der Waals surface area (Å²) in [5.41, 5.74) is 5.86. The number of hydrogen-bond acceptors (Lipinski definition) is 4. The summed E-state index contributed by atoms with van der Waals surface area (Å²) in [5, 5.41) is 0.529. The molecule has 0 bridgehead atoms. The smallest absolute Gasteiger partial charge is 0.290 e. The van der Waals surface area contributed by atoms with Crippen LogP contribution in [0, 0.1) is 13.8 Å². The first-order chi connectivity index (χ1) is 16.9. The molecule has 0 saturated carbocycles. The zero-order valence-electron chi connectivity index (χ0n) is 20.6. The normalized spacial score (nSPS) is 15.0. The molecule has 0 fully saturated rings. The molecule has 1 atom stereocenters. The summed E-state index contributed by atoms with van der Waals surface area (Å²) in [5.74, 6) is 0.713. The molecule has 2 heterocycles. The van der Waals surface area contributed by atoms with Crippen LogP contribution in [-0.2, 0) is 12.8 Å². The molecule has 0 unspecified atom stereocenters. The number of hydrogen-bond donors (Lipinski definition) is 0. The molecule has 5 rings (SSSR count). The summed E-state index contributed by atoms with van der Waals surface area (Å²) < 4.78 is 11.4. The second-order valence-electron chi connectivity index (χ2n) is 9.23. The number of carbonyl (C=O) groups excluding carboxylic acids is 1. The molecule has 1 aromatic heterocycles. The molecular weight excluding hydrogens is 438 g/mol. The van der Waals surface area contributed by atoms with E-state index in [1.54, 1.807) is 12.0 Å². The van der Waals surface area contributed by atoms with Crippen LogP contribution < -0.4 is 10.2 Å². The minimum atomic E-state index is -0.483. The lowest BCUT2D eigenvalue weighted by Gasteiger charge is -2.25. The summed E-state index contributed by atoms with van der Waals surface area (Å²) in [6.45, 7) is 6.44. The van der Waals surface area contributed by atoms with E-state index in [1.807, 2.05) is 62.4 Å². The first-order valence-electron chi connectivity index (χ1n) is 12.0. The van der Waals surface area contributed by atoms with Crippen LogP contribution in [0.3, 0.4) is 0 Å². The second kappa shape index (κ2) is 9.06. The number of nitrogens with zero attached hydrogens (tertiary/aromatic N) is 1. The third-order valence-electron chi connectivity index (χ3n) is 6.90. The predicted molar refractivity (Wildman–Crippen MR) is 137 cm³/mol. The Morgan fingerprint density at radius 2 is 1.63 bits per heavy atom. The molecule has 4 aromatic rings. The average Bonchev–Trinajstić information content (AvgIpc) is 3.15. The zero-order chi connectivity index (χ0) is 24.7. The van der Waals surface area contributed by atoms with Gasteiger partial charge < -0.3 is 14.1 Å². The summed E-state index contributed by atoms with van der Waals surface area (Å²) in [7, 11) is 1.64. The zero-order valence-corrected chi connectivity index (χ0v) is 20.6. The van der Waals surface area contributed by atoms with Crippen molar-refractivity contribution >= 4 is 16.9 Å². The highest BCUT2D eigenvalue weighted by Gasteiger charge is 2.42. The average molecular weight is 468 g/mol. The van der Waals surface area contributed by atoms with Crippen molar-refractivity contribution in [3.8, 4) is 5.75 Å². The lowest BCUT2D eigenvalue weighted by Crippen LogP contribution is -2.31. The van der Waals surface area contributed by atoms with Crippen LogP contribution >= 0.6 is 0 Å². The van der Waals surface area contributed by atoms with Gasteiger partial charge >= 0.3 is 0 Å². The first kappa shape index (κ1) is 22.9. The Bertz CT molecular complexity index is 1470. The van der Waals surface area contributed by atoms with Crippen molar-refractivity contribution in [2.45, 2.75) is 39.7 Å². The van der Waals surface area contributed by atoms with E-state index in [0.29, 0.717) is 29.5 Å². The van der Waals surface area contributed by atoms with E-state index in [0.717, 1.165) is 34.4 Å². The fraction of sp³-hybridized carbons (Fsp3) is 0.267. The second-order valence-corrected chi connectivity index (χ2v) is 9.23. The minimum absolute atomic E-state index is 0.127. The van der Waals surface area contributed by atoms with Gasteiger partial charge in [0, 0.05) is 6.54 Å². The topological polar surface area (TPSA) is 59.8 Å². The van der Waals surface area contributed by atoms with Crippen LogP contribution in [-0.4, -0.2) is 24.5 Å². The van der Waals surface area contributed by atoms with Crippen molar-refractivity contribution in [3.05, 3.63) is 110 Å². The maximum Gasteiger partial charge on any atom is 0.290 e. The molecule has 1 aliphatic heterocycles. The summed E-state index contributed by atoms with van der Waals surface area (Å²) in [6.07, 6.45) is 1.58. The Kier molecular flexibility index (Phi) is 5.93. The Balaban J connectivity index is 1.62. The van der Waals surface area contributed by atoms with Crippen LogP contribution in [0.25, 0.3) is 11.0 Å². The maximum absolute atomic E-state index is 13.8. The molecule has 5 nitrogen and oxygen atoms in total. The number of ether oxygens (including phenoxy) is 1. The fourth-order valence-electron chi connectivity index (χ4n) is 5.03. The van der Waals surface area contributed by atoms with Gasteiger partial charge in [0.05, 0.1) is 24.1 Å². The first-order valence-corrected chi connectivity index (χ1v) is 12.0. The van der Waals surface area contributed by atoms with Crippen molar-refractivity contribution in [1.29, 1.82) is 0 Å². The van der Waals surface area contributed by atoms with E-state index in [1.165, 1.54) is 5.56 Å². The van der Waals surface area contributed by atoms with E-state index >= 15 is 0 Å².